The Morgan fingerprint density at radius 2 is 2.05 bits per heavy atom. The Bertz CT molecular complexity index is 730. The van der Waals surface area contributed by atoms with Gasteiger partial charge in [-0.15, -0.1) is 0 Å². The molecule has 0 bridgehead atoms. The zero-order valence-corrected chi connectivity index (χ0v) is 11.8. The minimum absolute atomic E-state index is 0.794. The first-order valence-electron chi connectivity index (χ1n) is 6.90. The van der Waals surface area contributed by atoms with Crippen molar-refractivity contribution in [3.63, 3.8) is 0 Å². The van der Waals surface area contributed by atoms with E-state index >= 15 is 0 Å². The second kappa shape index (κ2) is 5.43. The molecule has 2 heterocycles. The van der Waals surface area contributed by atoms with E-state index < -0.39 is 0 Å². The highest BCUT2D eigenvalue weighted by atomic mass is 15.3. The number of rotatable bonds is 4. The molecule has 0 unspecified atom stereocenters. The van der Waals surface area contributed by atoms with E-state index in [4.69, 9.17) is 4.98 Å². The number of benzene rings is 1. The monoisotopic (exact) mass is 266 g/mol. The van der Waals surface area contributed by atoms with E-state index in [1.54, 1.807) is 0 Å². The summed E-state index contributed by atoms with van der Waals surface area (Å²) in [6, 6.07) is 12.4. The lowest BCUT2D eigenvalue weighted by molar-refractivity contribution is 0.711. The van der Waals surface area contributed by atoms with Gasteiger partial charge in [-0.1, -0.05) is 25.1 Å². The quantitative estimate of drug-likeness (QED) is 0.789. The first-order valence-corrected chi connectivity index (χ1v) is 6.90. The molecule has 4 heteroatoms. The molecule has 0 saturated carbocycles. The molecule has 0 saturated heterocycles. The molecule has 3 aromatic rings. The Morgan fingerprint density at radius 1 is 1.20 bits per heavy atom. The van der Waals surface area contributed by atoms with Gasteiger partial charge in [0.1, 0.15) is 0 Å². The van der Waals surface area contributed by atoms with Crippen molar-refractivity contribution >= 4 is 10.9 Å². The van der Waals surface area contributed by atoms with Crippen molar-refractivity contribution in [3.8, 4) is 5.82 Å². The van der Waals surface area contributed by atoms with Crippen LogP contribution in [0.3, 0.4) is 0 Å². The highest BCUT2D eigenvalue weighted by Gasteiger charge is 2.09. The van der Waals surface area contributed by atoms with Crippen LogP contribution in [0.2, 0.25) is 0 Å². The average Bonchev–Trinajstić information content (AvgIpc) is 2.90. The molecule has 0 amide bonds. The summed E-state index contributed by atoms with van der Waals surface area (Å²) in [4.78, 5) is 4.77. The minimum atomic E-state index is 0.794. The van der Waals surface area contributed by atoms with E-state index in [-0.39, 0.29) is 0 Å². The van der Waals surface area contributed by atoms with Crippen molar-refractivity contribution in [3.05, 3.63) is 53.9 Å². The number of aryl methyl sites for hydroxylation is 1. The van der Waals surface area contributed by atoms with Crippen molar-refractivity contribution in [2.45, 2.75) is 20.4 Å². The van der Waals surface area contributed by atoms with Gasteiger partial charge >= 0.3 is 0 Å². The number of fused-ring (bicyclic) bond motifs is 1. The fourth-order valence-corrected chi connectivity index (χ4v) is 2.27. The molecule has 0 spiro atoms. The molecule has 2 aromatic heterocycles. The lowest BCUT2D eigenvalue weighted by atomic mass is 10.1. The van der Waals surface area contributed by atoms with Gasteiger partial charge < -0.3 is 5.32 Å². The first-order chi connectivity index (χ1) is 9.78. The lowest BCUT2D eigenvalue weighted by Crippen LogP contribution is -2.15. The van der Waals surface area contributed by atoms with Gasteiger partial charge in [0.2, 0.25) is 0 Å². The van der Waals surface area contributed by atoms with Crippen LogP contribution in [0.15, 0.2) is 42.6 Å². The number of hydrogen-bond acceptors (Lipinski definition) is 3. The van der Waals surface area contributed by atoms with Crippen molar-refractivity contribution < 1.29 is 0 Å². The molecule has 0 aliphatic carbocycles. The normalized spacial score (nSPS) is 11.1. The van der Waals surface area contributed by atoms with Crippen LogP contribution in [0, 0.1) is 6.92 Å². The molecular formula is C16H18N4. The van der Waals surface area contributed by atoms with Gasteiger partial charge in [-0.05, 0) is 31.7 Å². The van der Waals surface area contributed by atoms with E-state index in [0.717, 1.165) is 41.1 Å². The van der Waals surface area contributed by atoms with E-state index in [1.165, 1.54) is 0 Å². The van der Waals surface area contributed by atoms with Crippen LogP contribution in [-0.2, 0) is 6.54 Å². The highest BCUT2D eigenvalue weighted by molar-refractivity contribution is 5.80. The maximum Gasteiger partial charge on any atom is 0.158 e. The fourth-order valence-electron chi connectivity index (χ4n) is 2.27. The van der Waals surface area contributed by atoms with Crippen molar-refractivity contribution in [2.75, 3.05) is 6.54 Å². The van der Waals surface area contributed by atoms with E-state index in [9.17, 15) is 0 Å². The third-order valence-corrected chi connectivity index (χ3v) is 3.28. The molecule has 0 aliphatic rings. The summed E-state index contributed by atoms with van der Waals surface area (Å²) in [6.45, 7) is 5.82. The maximum atomic E-state index is 4.77. The van der Waals surface area contributed by atoms with Gasteiger partial charge in [0.25, 0.3) is 0 Å². The van der Waals surface area contributed by atoms with Gasteiger partial charge in [-0.25, -0.2) is 9.67 Å². The predicted octanol–water partition coefficient (Wildman–Crippen LogP) is 2.84. The lowest BCUT2D eigenvalue weighted by Gasteiger charge is -2.11. The summed E-state index contributed by atoms with van der Waals surface area (Å²) in [6.07, 6.45) is 1.96. The number of aromatic nitrogens is 3. The summed E-state index contributed by atoms with van der Waals surface area (Å²) in [5, 5.41) is 9.01. The number of pyridine rings is 1. The molecule has 1 N–H and O–H groups in total. The van der Waals surface area contributed by atoms with E-state index in [0.29, 0.717) is 0 Å². The Kier molecular flexibility index (Phi) is 3.48. The Morgan fingerprint density at radius 3 is 2.80 bits per heavy atom. The average molecular weight is 266 g/mol. The Hall–Kier alpha value is -2.20. The second-order valence-corrected chi connectivity index (χ2v) is 4.85. The number of hydrogen-bond donors (Lipinski definition) is 1. The minimum Gasteiger partial charge on any atom is -0.313 e. The fraction of sp³-hybridized carbons (Fsp3) is 0.250. The third kappa shape index (κ3) is 2.42. The van der Waals surface area contributed by atoms with Crippen LogP contribution in [0.4, 0.5) is 0 Å². The number of para-hydroxylation sites is 1. The van der Waals surface area contributed by atoms with Gasteiger partial charge in [-0.3, -0.25) is 0 Å². The topological polar surface area (TPSA) is 42.7 Å². The molecule has 1 aromatic carbocycles. The largest absolute Gasteiger partial charge is 0.313 e. The summed E-state index contributed by atoms with van der Waals surface area (Å²) < 4.78 is 1.86. The van der Waals surface area contributed by atoms with Crippen LogP contribution in [-0.4, -0.2) is 21.3 Å². The first kappa shape index (κ1) is 12.8. The van der Waals surface area contributed by atoms with Crippen molar-refractivity contribution in [2.24, 2.45) is 0 Å². The SMILES string of the molecule is CCNCc1cc2ccccc2nc1-n1ccc(C)n1. The standard InChI is InChI=1S/C16H18N4/c1-3-17-11-14-10-13-6-4-5-7-15(13)18-16(14)20-9-8-12(2)19-20/h4-10,17H,3,11H2,1-2H3. The Labute approximate surface area is 118 Å². The molecule has 0 radical (unpaired) electrons. The maximum absolute atomic E-state index is 4.77. The van der Waals surface area contributed by atoms with Gasteiger partial charge in [0.05, 0.1) is 11.2 Å². The summed E-state index contributed by atoms with van der Waals surface area (Å²) in [5.41, 5.74) is 3.15. The molecule has 102 valence electrons. The zero-order chi connectivity index (χ0) is 13.9. The summed E-state index contributed by atoms with van der Waals surface area (Å²) in [5.74, 6) is 0.901. The van der Waals surface area contributed by atoms with E-state index in [2.05, 4.69) is 29.5 Å². The summed E-state index contributed by atoms with van der Waals surface area (Å²) >= 11 is 0. The van der Waals surface area contributed by atoms with Crippen LogP contribution < -0.4 is 5.32 Å². The molecular weight excluding hydrogens is 248 g/mol. The summed E-state index contributed by atoms with van der Waals surface area (Å²) in [7, 11) is 0. The molecule has 0 aliphatic heterocycles. The highest BCUT2D eigenvalue weighted by Crippen LogP contribution is 2.19. The van der Waals surface area contributed by atoms with Crippen LogP contribution in [0.1, 0.15) is 18.2 Å². The Balaban J connectivity index is 2.15. The second-order valence-electron chi connectivity index (χ2n) is 4.85. The van der Waals surface area contributed by atoms with Gasteiger partial charge in [-0.2, -0.15) is 5.10 Å². The van der Waals surface area contributed by atoms with E-state index in [1.807, 2.05) is 42.1 Å². The zero-order valence-electron chi connectivity index (χ0n) is 11.8. The molecule has 20 heavy (non-hydrogen) atoms. The number of nitrogens with zero attached hydrogens (tertiary/aromatic N) is 3. The van der Waals surface area contributed by atoms with Crippen LogP contribution in [0.5, 0.6) is 0 Å². The third-order valence-electron chi connectivity index (χ3n) is 3.28. The van der Waals surface area contributed by atoms with Crippen LogP contribution >= 0.6 is 0 Å². The van der Waals surface area contributed by atoms with Gasteiger partial charge in [0, 0.05) is 23.7 Å². The van der Waals surface area contributed by atoms with Crippen LogP contribution in [0.25, 0.3) is 16.7 Å². The van der Waals surface area contributed by atoms with Gasteiger partial charge in [0.15, 0.2) is 5.82 Å². The number of nitrogens with one attached hydrogen (secondary N) is 1. The molecule has 4 nitrogen and oxygen atoms in total. The van der Waals surface area contributed by atoms with Crippen molar-refractivity contribution in [1.82, 2.24) is 20.1 Å². The predicted molar refractivity (Wildman–Crippen MR) is 81.0 cm³/mol. The molecule has 0 atom stereocenters. The van der Waals surface area contributed by atoms with Crippen molar-refractivity contribution in [1.29, 1.82) is 0 Å². The molecule has 0 fully saturated rings. The smallest absolute Gasteiger partial charge is 0.158 e. The molecule has 3 rings (SSSR count).